The van der Waals surface area contributed by atoms with Crippen LogP contribution in [0.15, 0.2) is 24.4 Å². The van der Waals surface area contributed by atoms with Gasteiger partial charge in [-0.05, 0) is 62.3 Å². The lowest BCUT2D eigenvalue weighted by molar-refractivity contribution is 0.321. The van der Waals surface area contributed by atoms with Gasteiger partial charge >= 0.3 is 0 Å². The van der Waals surface area contributed by atoms with Gasteiger partial charge in [-0.15, -0.1) is 0 Å². The minimum Gasteiger partial charge on any atom is -0.495 e. The Balaban J connectivity index is 1.49. The van der Waals surface area contributed by atoms with Gasteiger partial charge in [0.15, 0.2) is 5.82 Å². The normalized spacial score (nSPS) is 18.7. The van der Waals surface area contributed by atoms with Gasteiger partial charge in [-0.3, -0.25) is 4.90 Å². The third-order valence-corrected chi connectivity index (χ3v) is 7.22. The van der Waals surface area contributed by atoms with Crippen LogP contribution in [0.5, 0.6) is 5.75 Å². The van der Waals surface area contributed by atoms with E-state index in [1.807, 2.05) is 0 Å². The Morgan fingerprint density at radius 3 is 2.72 bits per heavy atom. The average molecular weight is 411 g/mol. The minimum absolute atomic E-state index is 0.756. The molecule has 0 amide bonds. The summed E-state index contributed by atoms with van der Waals surface area (Å²) in [5, 5.41) is 2.32. The Morgan fingerprint density at radius 1 is 1.10 bits per heavy atom. The molecule has 1 aliphatic heterocycles. The van der Waals surface area contributed by atoms with Crippen LogP contribution in [-0.2, 0) is 13.1 Å². The van der Waals surface area contributed by atoms with Crippen LogP contribution in [0.3, 0.4) is 0 Å². The summed E-state index contributed by atoms with van der Waals surface area (Å²) in [7, 11) is 1.77. The molecule has 1 aromatic carbocycles. The molecule has 1 aliphatic carbocycles. The quantitative estimate of drug-likeness (QED) is 0.550. The summed E-state index contributed by atoms with van der Waals surface area (Å²) in [6, 6.07) is 6.33. The average Bonchev–Trinajstić information content (AvgIpc) is 3.50. The van der Waals surface area contributed by atoms with Crippen molar-refractivity contribution in [1.82, 2.24) is 18.8 Å². The predicted octanol–water partition coefficient (Wildman–Crippen LogP) is 5.34. The van der Waals surface area contributed by atoms with Gasteiger partial charge in [0.2, 0.25) is 0 Å². The number of nitrogens with zero attached hydrogens (tertiary/aromatic N) is 4. The van der Waals surface area contributed by atoms with Crippen LogP contribution in [0.1, 0.15) is 50.0 Å². The monoisotopic (exact) mass is 410 g/mol. The Hall–Kier alpha value is -1.92. The number of rotatable bonds is 6. The van der Waals surface area contributed by atoms with E-state index in [4.69, 9.17) is 14.1 Å². The second kappa shape index (κ2) is 8.44. The van der Waals surface area contributed by atoms with Crippen LogP contribution >= 0.6 is 11.5 Å². The summed E-state index contributed by atoms with van der Waals surface area (Å²) in [5.41, 5.74) is 2.32. The van der Waals surface area contributed by atoms with Gasteiger partial charge in [-0.2, -0.15) is 4.37 Å². The maximum Gasteiger partial charge on any atom is 0.175 e. The fourth-order valence-corrected chi connectivity index (χ4v) is 5.72. The second-order valence-corrected chi connectivity index (χ2v) is 9.39. The van der Waals surface area contributed by atoms with E-state index in [0.29, 0.717) is 0 Å². The molecule has 1 saturated heterocycles. The fourth-order valence-electron chi connectivity index (χ4n) is 5.02. The second-order valence-electron chi connectivity index (χ2n) is 8.55. The molecule has 0 spiro atoms. The lowest BCUT2D eigenvalue weighted by Crippen LogP contribution is -2.18. The summed E-state index contributed by atoms with van der Waals surface area (Å²) in [6.07, 6.45) is 11.7. The number of aromatic nitrogens is 3. The Morgan fingerprint density at radius 2 is 1.93 bits per heavy atom. The fraction of sp³-hybridized carbons (Fsp3) is 0.565. The molecule has 29 heavy (non-hydrogen) atoms. The van der Waals surface area contributed by atoms with Crippen LogP contribution < -0.4 is 4.74 Å². The van der Waals surface area contributed by atoms with Crippen molar-refractivity contribution in [3.8, 4) is 17.1 Å². The molecule has 0 radical (unpaired) electrons. The van der Waals surface area contributed by atoms with Crippen molar-refractivity contribution in [2.75, 3.05) is 20.2 Å². The highest BCUT2D eigenvalue weighted by atomic mass is 32.1. The lowest BCUT2D eigenvalue weighted by atomic mass is 9.89. The standard InChI is InChI=1S/C23H30N4OS/c1-28-20-11-7-10-18-19(15-27(22(18)20)14-17-8-3-2-4-9-17)23-24-21(29-25-23)16-26-12-5-6-13-26/h7,10-11,15,17H,2-6,8-9,12-14,16H2,1H3. The molecule has 3 aromatic rings. The van der Waals surface area contributed by atoms with Crippen molar-refractivity contribution in [3.63, 3.8) is 0 Å². The van der Waals surface area contributed by atoms with Crippen molar-refractivity contribution < 1.29 is 4.74 Å². The van der Waals surface area contributed by atoms with Crippen LogP contribution in [-0.4, -0.2) is 39.0 Å². The van der Waals surface area contributed by atoms with E-state index in [1.54, 1.807) is 18.6 Å². The number of ether oxygens (including phenoxy) is 1. The maximum absolute atomic E-state index is 5.73. The van der Waals surface area contributed by atoms with E-state index in [2.05, 4.69) is 33.9 Å². The van der Waals surface area contributed by atoms with Gasteiger partial charge in [-0.25, -0.2) is 4.98 Å². The zero-order chi connectivity index (χ0) is 19.6. The Bertz CT molecular complexity index is 967. The van der Waals surface area contributed by atoms with Crippen LogP contribution in [0.25, 0.3) is 22.3 Å². The molecular weight excluding hydrogens is 380 g/mol. The van der Waals surface area contributed by atoms with Crippen molar-refractivity contribution in [2.45, 2.75) is 58.0 Å². The Kier molecular flexibility index (Phi) is 5.55. The molecule has 5 rings (SSSR count). The molecule has 3 heterocycles. The molecule has 5 nitrogen and oxygen atoms in total. The first-order valence-electron chi connectivity index (χ1n) is 11.0. The van der Waals surface area contributed by atoms with E-state index >= 15 is 0 Å². The zero-order valence-electron chi connectivity index (χ0n) is 17.3. The van der Waals surface area contributed by atoms with Crippen LogP contribution in [0.4, 0.5) is 0 Å². The number of fused-ring (bicyclic) bond motifs is 1. The van der Waals surface area contributed by atoms with Gasteiger partial charge < -0.3 is 9.30 Å². The highest BCUT2D eigenvalue weighted by molar-refractivity contribution is 7.05. The van der Waals surface area contributed by atoms with Crippen LogP contribution in [0, 0.1) is 5.92 Å². The molecule has 2 aliphatic rings. The zero-order valence-corrected chi connectivity index (χ0v) is 18.1. The predicted molar refractivity (Wildman–Crippen MR) is 118 cm³/mol. The maximum atomic E-state index is 5.73. The lowest BCUT2D eigenvalue weighted by Gasteiger charge is -2.22. The number of benzene rings is 1. The van der Waals surface area contributed by atoms with E-state index in [-0.39, 0.29) is 0 Å². The summed E-state index contributed by atoms with van der Waals surface area (Å²) in [5.74, 6) is 2.56. The Labute approximate surface area is 176 Å². The number of hydrogen-bond donors (Lipinski definition) is 0. The van der Waals surface area contributed by atoms with Crippen molar-refractivity contribution in [1.29, 1.82) is 0 Å². The van der Waals surface area contributed by atoms with Crippen molar-refractivity contribution in [3.05, 3.63) is 29.4 Å². The topological polar surface area (TPSA) is 43.2 Å². The third-order valence-electron chi connectivity index (χ3n) is 6.53. The minimum atomic E-state index is 0.756. The van der Waals surface area contributed by atoms with E-state index < -0.39 is 0 Å². The molecule has 0 N–H and O–H groups in total. The van der Waals surface area contributed by atoms with E-state index in [0.717, 1.165) is 41.2 Å². The summed E-state index contributed by atoms with van der Waals surface area (Å²) < 4.78 is 12.9. The van der Waals surface area contributed by atoms with Gasteiger partial charge in [0.25, 0.3) is 0 Å². The van der Waals surface area contributed by atoms with Gasteiger partial charge in [0.1, 0.15) is 10.8 Å². The van der Waals surface area contributed by atoms with Crippen LogP contribution in [0.2, 0.25) is 0 Å². The summed E-state index contributed by atoms with van der Waals surface area (Å²) in [4.78, 5) is 7.41. The molecule has 154 valence electrons. The van der Waals surface area contributed by atoms with Crippen molar-refractivity contribution in [2.24, 2.45) is 5.92 Å². The molecular formula is C23H30N4OS. The summed E-state index contributed by atoms with van der Waals surface area (Å²) in [6.45, 7) is 4.36. The van der Waals surface area contributed by atoms with Gasteiger partial charge in [0, 0.05) is 23.7 Å². The number of hydrogen-bond acceptors (Lipinski definition) is 5. The third kappa shape index (κ3) is 3.92. The van der Waals surface area contributed by atoms with E-state index in [9.17, 15) is 0 Å². The molecule has 0 unspecified atom stereocenters. The molecule has 0 atom stereocenters. The van der Waals surface area contributed by atoms with E-state index in [1.165, 1.54) is 68.9 Å². The van der Waals surface area contributed by atoms with Gasteiger partial charge in [-0.1, -0.05) is 31.4 Å². The number of likely N-dealkylation sites (tertiary alicyclic amines) is 1. The SMILES string of the molecule is COc1cccc2c(-c3nsc(CN4CCCC4)n3)cn(CC3CCCCC3)c12. The van der Waals surface area contributed by atoms with Crippen molar-refractivity contribution >= 4 is 22.4 Å². The largest absolute Gasteiger partial charge is 0.495 e. The highest BCUT2D eigenvalue weighted by Gasteiger charge is 2.21. The molecule has 1 saturated carbocycles. The molecule has 2 fully saturated rings. The number of methoxy groups -OCH3 is 1. The highest BCUT2D eigenvalue weighted by Crippen LogP contribution is 2.37. The molecule has 6 heteroatoms. The molecule has 2 aromatic heterocycles. The number of para-hydroxylation sites is 1. The summed E-state index contributed by atoms with van der Waals surface area (Å²) >= 11 is 1.55. The first-order valence-corrected chi connectivity index (χ1v) is 11.8. The first kappa shape index (κ1) is 19.1. The molecule has 0 bridgehead atoms. The smallest absolute Gasteiger partial charge is 0.175 e. The van der Waals surface area contributed by atoms with Gasteiger partial charge in [0.05, 0.1) is 19.2 Å². The first-order chi connectivity index (χ1) is 14.3.